The fourth-order valence-electron chi connectivity index (χ4n) is 1.85. The van der Waals surface area contributed by atoms with E-state index in [2.05, 4.69) is 27.0 Å². The maximum atomic E-state index is 2.38. The van der Waals surface area contributed by atoms with Gasteiger partial charge in [-0.25, -0.2) is 0 Å². The molecule has 44 valence electrons. The first-order chi connectivity index (χ1) is 3.67. The maximum absolute atomic E-state index is 2.38. The molecule has 0 saturated carbocycles. The first-order valence-electron chi connectivity index (χ1n) is 3.22. The summed E-state index contributed by atoms with van der Waals surface area (Å²) in [6.07, 6.45) is 2.38. The minimum atomic E-state index is 0.898. The molecule has 0 N–H and O–H groups in total. The standard InChI is InChI=1S/C7H12N/c1-5-4-7-6(2)8(5,7)3/h4,6-7H,1-3H3/q+1. The SMILES string of the molecule is CC1=CC2C(C)[N+]12C. The predicted molar refractivity (Wildman–Crippen MR) is 33.2 cm³/mol. The molecule has 1 fully saturated rings. The lowest BCUT2D eigenvalue weighted by Crippen LogP contribution is -2.28. The molecule has 1 nitrogen and oxygen atoms in total. The van der Waals surface area contributed by atoms with Crippen molar-refractivity contribution in [1.29, 1.82) is 0 Å². The highest BCUT2D eigenvalue weighted by atomic mass is 15.6. The molecular weight excluding hydrogens is 98.1 g/mol. The summed E-state index contributed by atoms with van der Waals surface area (Å²) >= 11 is 0. The third-order valence-electron chi connectivity index (χ3n) is 3.04. The van der Waals surface area contributed by atoms with Crippen molar-refractivity contribution < 1.29 is 4.48 Å². The Labute approximate surface area is 50.2 Å². The topological polar surface area (TPSA) is 0 Å². The van der Waals surface area contributed by atoms with Crippen molar-refractivity contribution in [3.05, 3.63) is 11.8 Å². The van der Waals surface area contributed by atoms with E-state index in [1.54, 1.807) is 5.70 Å². The van der Waals surface area contributed by atoms with Crippen LogP contribution in [-0.4, -0.2) is 23.6 Å². The molecule has 3 atom stereocenters. The summed E-state index contributed by atoms with van der Waals surface area (Å²) in [4.78, 5) is 0. The lowest BCUT2D eigenvalue weighted by Gasteiger charge is -2.20. The van der Waals surface area contributed by atoms with E-state index in [1.165, 1.54) is 4.48 Å². The Balaban J connectivity index is 2.32. The average Bonchev–Trinajstić information content (AvgIpc) is 2.15. The summed E-state index contributed by atoms with van der Waals surface area (Å²) in [6, 6.07) is 1.80. The van der Waals surface area contributed by atoms with Crippen LogP contribution in [0.2, 0.25) is 0 Å². The van der Waals surface area contributed by atoms with Crippen molar-refractivity contribution in [2.24, 2.45) is 0 Å². The quantitative estimate of drug-likeness (QED) is 0.324. The highest BCUT2D eigenvalue weighted by molar-refractivity contribution is 5.19. The summed E-state index contributed by atoms with van der Waals surface area (Å²) in [6.45, 7) is 4.54. The molecule has 0 aromatic rings. The number of rotatable bonds is 0. The van der Waals surface area contributed by atoms with E-state index in [1.807, 2.05) is 0 Å². The van der Waals surface area contributed by atoms with Gasteiger partial charge in [-0.3, -0.25) is 4.48 Å². The van der Waals surface area contributed by atoms with Crippen LogP contribution in [0.3, 0.4) is 0 Å². The van der Waals surface area contributed by atoms with E-state index < -0.39 is 0 Å². The summed E-state index contributed by atoms with van der Waals surface area (Å²) in [5.74, 6) is 0. The number of fused-ring (bicyclic) bond motifs is 1. The minimum absolute atomic E-state index is 0.898. The number of likely N-dealkylation sites (N-methyl/N-ethyl adjacent to an activating group) is 1. The molecule has 0 spiro atoms. The molecule has 0 aliphatic carbocycles. The molecule has 0 bridgehead atoms. The second-order valence-corrected chi connectivity index (χ2v) is 3.19. The van der Waals surface area contributed by atoms with Crippen molar-refractivity contribution in [3.8, 4) is 0 Å². The Hall–Kier alpha value is -0.300. The zero-order chi connectivity index (χ0) is 5.94. The molecule has 0 aromatic heterocycles. The first-order valence-corrected chi connectivity index (χ1v) is 3.22. The van der Waals surface area contributed by atoms with Gasteiger partial charge in [0.05, 0.1) is 7.05 Å². The second-order valence-electron chi connectivity index (χ2n) is 3.19. The van der Waals surface area contributed by atoms with Crippen LogP contribution in [0.25, 0.3) is 0 Å². The van der Waals surface area contributed by atoms with Gasteiger partial charge >= 0.3 is 0 Å². The smallest absolute Gasteiger partial charge is 0.170 e. The Bertz CT molecular complexity index is 171. The van der Waals surface area contributed by atoms with Gasteiger partial charge in [-0.15, -0.1) is 0 Å². The highest BCUT2D eigenvalue weighted by Gasteiger charge is 2.67. The Morgan fingerprint density at radius 2 is 2.25 bits per heavy atom. The minimum Gasteiger partial charge on any atom is -0.279 e. The van der Waals surface area contributed by atoms with Crippen LogP contribution in [0.4, 0.5) is 0 Å². The predicted octanol–water partition coefficient (Wildman–Crippen LogP) is 1.12. The second kappa shape index (κ2) is 0.883. The molecule has 2 heterocycles. The zero-order valence-electron chi connectivity index (χ0n) is 5.68. The van der Waals surface area contributed by atoms with Crippen molar-refractivity contribution in [2.45, 2.75) is 25.9 Å². The van der Waals surface area contributed by atoms with Crippen LogP contribution in [0, 0.1) is 0 Å². The van der Waals surface area contributed by atoms with Gasteiger partial charge in [0.25, 0.3) is 0 Å². The van der Waals surface area contributed by atoms with E-state index in [9.17, 15) is 0 Å². The molecule has 2 aliphatic heterocycles. The van der Waals surface area contributed by atoms with Crippen LogP contribution in [0.1, 0.15) is 13.8 Å². The van der Waals surface area contributed by atoms with Gasteiger partial charge in [-0.1, -0.05) is 0 Å². The van der Waals surface area contributed by atoms with E-state index in [-0.39, 0.29) is 0 Å². The van der Waals surface area contributed by atoms with Crippen LogP contribution in [-0.2, 0) is 0 Å². The van der Waals surface area contributed by atoms with E-state index >= 15 is 0 Å². The Kier molecular flexibility index (Phi) is 0.504. The van der Waals surface area contributed by atoms with Gasteiger partial charge in [0.1, 0.15) is 11.7 Å². The maximum Gasteiger partial charge on any atom is 0.170 e. The molecule has 0 aromatic carbocycles. The monoisotopic (exact) mass is 110 g/mol. The largest absolute Gasteiger partial charge is 0.279 e. The fourth-order valence-corrected chi connectivity index (χ4v) is 1.85. The number of nitrogens with zero attached hydrogens (tertiary/aromatic N) is 1. The molecule has 2 rings (SSSR count). The third kappa shape index (κ3) is 0.224. The molecule has 8 heavy (non-hydrogen) atoms. The molecule has 1 saturated heterocycles. The molecule has 0 amide bonds. The summed E-state index contributed by atoms with van der Waals surface area (Å²) in [5.41, 5.74) is 1.56. The molecule has 0 radical (unpaired) electrons. The average molecular weight is 110 g/mol. The highest BCUT2D eigenvalue weighted by Crippen LogP contribution is 2.51. The molecule has 3 unspecified atom stereocenters. The first kappa shape index (κ1) is 4.57. The Morgan fingerprint density at radius 3 is 2.25 bits per heavy atom. The van der Waals surface area contributed by atoms with Crippen molar-refractivity contribution in [1.82, 2.24) is 0 Å². The number of hydrogen-bond donors (Lipinski definition) is 0. The number of allylic oxidation sites excluding steroid dienone is 1. The van der Waals surface area contributed by atoms with Crippen molar-refractivity contribution in [3.63, 3.8) is 0 Å². The van der Waals surface area contributed by atoms with Gasteiger partial charge in [0, 0.05) is 13.0 Å². The zero-order valence-corrected chi connectivity index (χ0v) is 5.68. The van der Waals surface area contributed by atoms with Gasteiger partial charge in [0.2, 0.25) is 0 Å². The normalized spacial score (nSPS) is 58.6. The summed E-state index contributed by atoms with van der Waals surface area (Å²) < 4.78 is 1.25. The van der Waals surface area contributed by atoms with Crippen LogP contribution in [0.15, 0.2) is 11.8 Å². The Morgan fingerprint density at radius 1 is 1.62 bits per heavy atom. The summed E-state index contributed by atoms with van der Waals surface area (Å²) in [5, 5.41) is 0. The van der Waals surface area contributed by atoms with E-state index in [0.717, 1.165) is 12.1 Å². The third-order valence-corrected chi connectivity index (χ3v) is 3.04. The van der Waals surface area contributed by atoms with Crippen molar-refractivity contribution >= 4 is 0 Å². The number of quaternary nitrogens is 1. The van der Waals surface area contributed by atoms with Crippen molar-refractivity contribution in [2.75, 3.05) is 7.05 Å². The lowest BCUT2D eigenvalue weighted by atomic mass is 10.2. The number of hydrogen-bond acceptors (Lipinski definition) is 0. The molecule has 2 aliphatic rings. The molecule has 1 heteroatoms. The summed E-state index contributed by atoms with van der Waals surface area (Å²) in [7, 11) is 2.31. The lowest BCUT2D eigenvalue weighted by molar-refractivity contribution is -0.774. The molecular formula is C7H12N+. The van der Waals surface area contributed by atoms with Gasteiger partial charge in [-0.05, 0) is 6.92 Å². The van der Waals surface area contributed by atoms with Gasteiger partial charge < -0.3 is 0 Å². The van der Waals surface area contributed by atoms with Crippen LogP contribution in [0.5, 0.6) is 0 Å². The van der Waals surface area contributed by atoms with Crippen LogP contribution >= 0.6 is 0 Å². The van der Waals surface area contributed by atoms with Crippen LogP contribution < -0.4 is 0 Å². The van der Waals surface area contributed by atoms with Gasteiger partial charge in [-0.2, -0.15) is 0 Å². The van der Waals surface area contributed by atoms with Gasteiger partial charge in [0.15, 0.2) is 6.04 Å². The van der Waals surface area contributed by atoms with E-state index in [4.69, 9.17) is 0 Å². The van der Waals surface area contributed by atoms with E-state index in [0.29, 0.717) is 0 Å². The fraction of sp³-hybridized carbons (Fsp3) is 0.714.